The van der Waals surface area contributed by atoms with E-state index < -0.39 is 15.8 Å². The Kier molecular flexibility index (Phi) is 4.94. The first kappa shape index (κ1) is 14.7. The number of carbonyl (C=O) groups is 1. The van der Waals surface area contributed by atoms with Gasteiger partial charge in [-0.2, -0.15) is 0 Å². The van der Waals surface area contributed by atoms with Crippen LogP contribution < -0.4 is 5.73 Å². The molecule has 1 aliphatic rings. The normalized spacial score (nSPS) is 22.9. The summed E-state index contributed by atoms with van der Waals surface area (Å²) >= 11 is 0. The average Bonchev–Trinajstić information content (AvgIpc) is 2.68. The fourth-order valence-corrected chi connectivity index (χ4v) is 3.74. The third kappa shape index (κ3) is 3.86. The topological polar surface area (TPSA) is 113 Å². The van der Waals surface area contributed by atoms with Crippen LogP contribution in [0.1, 0.15) is 19.8 Å². The van der Waals surface area contributed by atoms with Gasteiger partial charge in [0, 0.05) is 6.54 Å². The molecular formula is C10H19N3O4S. The molecular weight excluding hydrogens is 258 g/mol. The van der Waals surface area contributed by atoms with Gasteiger partial charge in [-0.25, -0.2) is 8.42 Å². The molecule has 1 aliphatic heterocycles. The maximum absolute atomic E-state index is 12.1. The van der Waals surface area contributed by atoms with Crippen LogP contribution in [0.2, 0.25) is 0 Å². The van der Waals surface area contributed by atoms with Crippen molar-refractivity contribution >= 4 is 21.6 Å². The van der Waals surface area contributed by atoms with Crippen LogP contribution in [0.4, 0.5) is 0 Å². The molecule has 104 valence electrons. The van der Waals surface area contributed by atoms with Crippen LogP contribution in [0.15, 0.2) is 5.16 Å². The molecule has 8 heteroatoms. The molecule has 0 aromatic rings. The van der Waals surface area contributed by atoms with Gasteiger partial charge in [-0.15, -0.1) is 0 Å². The Bertz CT molecular complexity index is 432. The molecule has 0 aromatic heterocycles. The predicted molar refractivity (Wildman–Crippen MR) is 67.0 cm³/mol. The second-order valence-electron chi connectivity index (χ2n) is 4.45. The summed E-state index contributed by atoms with van der Waals surface area (Å²) in [5.41, 5.74) is 5.38. The van der Waals surface area contributed by atoms with Gasteiger partial charge in [-0.3, -0.25) is 4.79 Å². The van der Waals surface area contributed by atoms with E-state index in [0.29, 0.717) is 13.0 Å². The molecule has 1 heterocycles. The molecule has 0 aromatic carbocycles. The van der Waals surface area contributed by atoms with Gasteiger partial charge in [0.15, 0.2) is 15.7 Å². The fraction of sp³-hybridized carbons (Fsp3) is 0.800. The van der Waals surface area contributed by atoms with Crippen LogP contribution in [0.5, 0.6) is 0 Å². The Labute approximate surface area is 107 Å². The number of sulfone groups is 1. The fourth-order valence-electron chi connectivity index (χ4n) is 2.01. The Morgan fingerprint density at radius 3 is 2.67 bits per heavy atom. The predicted octanol–water partition coefficient (Wildman–Crippen LogP) is -0.594. The minimum absolute atomic E-state index is 0.0275. The highest BCUT2D eigenvalue weighted by molar-refractivity contribution is 7.91. The summed E-state index contributed by atoms with van der Waals surface area (Å²) in [6, 6.07) is 0. The van der Waals surface area contributed by atoms with Gasteiger partial charge in [-0.05, 0) is 12.8 Å². The molecule has 18 heavy (non-hydrogen) atoms. The van der Waals surface area contributed by atoms with Crippen LogP contribution in [0.3, 0.4) is 0 Å². The van der Waals surface area contributed by atoms with E-state index in [0.717, 1.165) is 6.42 Å². The van der Waals surface area contributed by atoms with Gasteiger partial charge >= 0.3 is 0 Å². The van der Waals surface area contributed by atoms with Crippen molar-refractivity contribution < 1.29 is 18.4 Å². The highest BCUT2D eigenvalue weighted by atomic mass is 32.2. The quantitative estimate of drug-likeness (QED) is 0.302. The number of rotatable bonds is 5. The SMILES string of the molecule is CCCN(CC(N)=NO)C(=O)C1CCS(=O)(=O)C1. The standard InChI is InChI=1S/C10H19N3O4S/c1-2-4-13(6-9(11)12-15)10(14)8-3-5-18(16,17)7-8/h8,15H,2-7H2,1H3,(H2,11,12). The smallest absolute Gasteiger partial charge is 0.227 e. The summed E-state index contributed by atoms with van der Waals surface area (Å²) in [6.07, 6.45) is 1.08. The van der Waals surface area contributed by atoms with Crippen LogP contribution in [0, 0.1) is 5.92 Å². The lowest BCUT2D eigenvalue weighted by Gasteiger charge is -2.24. The van der Waals surface area contributed by atoms with Crippen molar-refractivity contribution in [3.63, 3.8) is 0 Å². The second kappa shape index (κ2) is 6.03. The largest absolute Gasteiger partial charge is 0.409 e. The highest BCUT2D eigenvalue weighted by Gasteiger charge is 2.35. The summed E-state index contributed by atoms with van der Waals surface area (Å²) in [5.74, 6) is -0.815. The Morgan fingerprint density at radius 2 is 2.22 bits per heavy atom. The molecule has 1 fully saturated rings. The first-order valence-corrected chi connectivity index (χ1v) is 7.67. The van der Waals surface area contributed by atoms with E-state index in [1.165, 1.54) is 4.90 Å². The highest BCUT2D eigenvalue weighted by Crippen LogP contribution is 2.20. The van der Waals surface area contributed by atoms with Crippen LogP contribution >= 0.6 is 0 Å². The van der Waals surface area contributed by atoms with Gasteiger partial charge in [-0.1, -0.05) is 12.1 Å². The molecule has 0 saturated carbocycles. The van der Waals surface area contributed by atoms with Crippen molar-refractivity contribution in [2.24, 2.45) is 16.8 Å². The summed E-state index contributed by atoms with van der Waals surface area (Å²) in [4.78, 5) is 13.6. The van der Waals surface area contributed by atoms with Crippen LogP contribution in [-0.4, -0.2) is 54.9 Å². The van der Waals surface area contributed by atoms with Gasteiger partial charge in [0.05, 0.1) is 24.0 Å². The number of nitrogens with two attached hydrogens (primary N) is 1. The minimum Gasteiger partial charge on any atom is -0.409 e. The maximum atomic E-state index is 12.1. The molecule has 3 N–H and O–H groups in total. The molecule has 1 unspecified atom stereocenters. The van der Waals surface area contributed by atoms with Gasteiger partial charge in [0.1, 0.15) is 0 Å². The maximum Gasteiger partial charge on any atom is 0.227 e. The molecule has 0 bridgehead atoms. The molecule has 1 atom stereocenters. The minimum atomic E-state index is -3.08. The zero-order valence-electron chi connectivity index (χ0n) is 10.4. The number of carbonyl (C=O) groups excluding carboxylic acids is 1. The zero-order valence-corrected chi connectivity index (χ0v) is 11.2. The van der Waals surface area contributed by atoms with E-state index in [2.05, 4.69) is 5.16 Å². The lowest BCUT2D eigenvalue weighted by atomic mass is 10.1. The Hall–Kier alpha value is -1.31. The monoisotopic (exact) mass is 277 g/mol. The number of nitrogens with zero attached hydrogens (tertiary/aromatic N) is 2. The van der Waals surface area contributed by atoms with Crippen molar-refractivity contribution in [1.29, 1.82) is 0 Å². The van der Waals surface area contributed by atoms with E-state index in [9.17, 15) is 13.2 Å². The first-order chi connectivity index (χ1) is 8.39. The Balaban J connectivity index is 2.71. The Morgan fingerprint density at radius 1 is 1.56 bits per heavy atom. The summed E-state index contributed by atoms with van der Waals surface area (Å²) in [6.45, 7) is 2.39. The van der Waals surface area contributed by atoms with Crippen molar-refractivity contribution in [2.75, 3.05) is 24.6 Å². The molecule has 1 rings (SSSR count). The molecule has 7 nitrogen and oxygen atoms in total. The van der Waals surface area contributed by atoms with Gasteiger partial charge in [0.2, 0.25) is 5.91 Å². The van der Waals surface area contributed by atoms with Crippen LogP contribution in [-0.2, 0) is 14.6 Å². The van der Waals surface area contributed by atoms with Crippen molar-refractivity contribution in [3.8, 4) is 0 Å². The lowest BCUT2D eigenvalue weighted by Crippen LogP contribution is -2.42. The van der Waals surface area contributed by atoms with E-state index in [1.807, 2.05) is 6.92 Å². The first-order valence-electron chi connectivity index (χ1n) is 5.85. The molecule has 1 amide bonds. The molecule has 0 spiro atoms. The van der Waals surface area contributed by atoms with E-state index in [1.54, 1.807) is 0 Å². The number of hydrogen-bond acceptors (Lipinski definition) is 5. The summed E-state index contributed by atoms with van der Waals surface area (Å²) in [5, 5.41) is 11.3. The number of hydrogen-bond donors (Lipinski definition) is 2. The van der Waals surface area contributed by atoms with Crippen molar-refractivity contribution in [1.82, 2.24) is 4.90 Å². The molecule has 0 radical (unpaired) electrons. The van der Waals surface area contributed by atoms with Crippen molar-refractivity contribution in [2.45, 2.75) is 19.8 Å². The zero-order chi connectivity index (χ0) is 13.8. The van der Waals surface area contributed by atoms with Gasteiger partial charge < -0.3 is 15.8 Å². The average molecular weight is 277 g/mol. The van der Waals surface area contributed by atoms with Crippen LogP contribution in [0.25, 0.3) is 0 Å². The third-order valence-electron chi connectivity index (χ3n) is 2.87. The van der Waals surface area contributed by atoms with E-state index in [4.69, 9.17) is 10.9 Å². The third-order valence-corrected chi connectivity index (χ3v) is 4.64. The molecule has 1 saturated heterocycles. The van der Waals surface area contributed by atoms with Gasteiger partial charge in [0.25, 0.3) is 0 Å². The van der Waals surface area contributed by atoms with E-state index in [-0.39, 0.29) is 29.8 Å². The summed E-state index contributed by atoms with van der Waals surface area (Å²) < 4.78 is 22.7. The summed E-state index contributed by atoms with van der Waals surface area (Å²) in [7, 11) is -3.08. The number of amides is 1. The second-order valence-corrected chi connectivity index (χ2v) is 6.68. The number of oxime groups is 1. The van der Waals surface area contributed by atoms with E-state index >= 15 is 0 Å². The van der Waals surface area contributed by atoms with Crippen molar-refractivity contribution in [3.05, 3.63) is 0 Å². The lowest BCUT2D eigenvalue weighted by molar-refractivity contribution is -0.134. The number of amidine groups is 1. The molecule has 0 aliphatic carbocycles.